The molecule has 0 radical (unpaired) electrons. The third kappa shape index (κ3) is 5.69. The number of nitrogens with two attached hydrogens (primary N) is 1. The zero-order chi connectivity index (χ0) is 15.8. The van der Waals surface area contributed by atoms with E-state index in [4.69, 9.17) is 22.7 Å². The van der Waals surface area contributed by atoms with E-state index in [2.05, 4.69) is 5.32 Å². The molecule has 0 aromatic heterocycles. The molecule has 1 aromatic rings. The zero-order valence-electron chi connectivity index (χ0n) is 12.8. The molecule has 1 aromatic carbocycles. The summed E-state index contributed by atoms with van der Waals surface area (Å²) in [6.07, 6.45) is 0.936. The van der Waals surface area contributed by atoms with E-state index in [1.54, 1.807) is 7.11 Å². The molecule has 21 heavy (non-hydrogen) atoms. The number of hydrogen-bond acceptors (Lipinski definition) is 4. The van der Waals surface area contributed by atoms with Crippen molar-refractivity contribution in [3.05, 3.63) is 29.3 Å². The van der Waals surface area contributed by atoms with Crippen LogP contribution in [0.4, 0.5) is 0 Å². The first-order chi connectivity index (χ1) is 9.97. The molecule has 0 unspecified atom stereocenters. The van der Waals surface area contributed by atoms with E-state index >= 15 is 0 Å². The first-order valence-corrected chi connectivity index (χ1v) is 7.30. The molecular weight excluding hydrogens is 286 g/mol. The van der Waals surface area contributed by atoms with Gasteiger partial charge in [-0.1, -0.05) is 25.2 Å². The lowest BCUT2D eigenvalue weighted by atomic mass is 10.1. The van der Waals surface area contributed by atoms with Crippen molar-refractivity contribution >= 4 is 23.1 Å². The summed E-state index contributed by atoms with van der Waals surface area (Å²) in [5.74, 6) is 0.692. The summed E-state index contributed by atoms with van der Waals surface area (Å²) >= 11 is 5.03. The normalized spacial score (nSPS) is 10.5. The molecule has 0 aliphatic rings. The SMILES string of the molecule is CCCNC(=O)CN(C)Cc1ccc(OC)c(C(N)=S)c1. The van der Waals surface area contributed by atoms with E-state index in [0.29, 0.717) is 35.9 Å². The predicted molar refractivity (Wildman–Crippen MR) is 88.5 cm³/mol. The number of carbonyl (C=O) groups excluding carboxylic acids is 1. The summed E-state index contributed by atoms with van der Waals surface area (Å²) in [7, 11) is 3.48. The van der Waals surface area contributed by atoms with Crippen LogP contribution < -0.4 is 15.8 Å². The van der Waals surface area contributed by atoms with E-state index in [9.17, 15) is 4.79 Å². The predicted octanol–water partition coefficient (Wildman–Crippen LogP) is 1.29. The van der Waals surface area contributed by atoms with Gasteiger partial charge in [0.05, 0.1) is 19.2 Å². The van der Waals surface area contributed by atoms with Crippen LogP contribution in [-0.4, -0.2) is 43.0 Å². The molecule has 5 nitrogen and oxygen atoms in total. The molecule has 0 saturated heterocycles. The summed E-state index contributed by atoms with van der Waals surface area (Å²) in [6.45, 7) is 3.73. The molecule has 0 bridgehead atoms. The minimum Gasteiger partial charge on any atom is -0.496 e. The molecule has 0 aliphatic heterocycles. The molecule has 1 rings (SSSR count). The first-order valence-electron chi connectivity index (χ1n) is 6.89. The molecule has 0 fully saturated rings. The highest BCUT2D eigenvalue weighted by Gasteiger charge is 2.10. The Bertz CT molecular complexity index is 506. The number of nitrogens with one attached hydrogen (secondary N) is 1. The zero-order valence-corrected chi connectivity index (χ0v) is 13.6. The number of nitrogens with zero attached hydrogens (tertiary/aromatic N) is 1. The fraction of sp³-hybridized carbons (Fsp3) is 0.467. The van der Waals surface area contributed by atoms with Gasteiger partial charge in [0.2, 0.25) is 5.91 Å². The highest BCUT2D eigenvalue weighted by molar-refractivity contribution is 7.80. The number of carbonyl (C=O) groups is 1. The lowest BCUT2D eigenvalue weighted by Gasteiger charge is -2.17. The van der Waals surface area contributed by atoms with Crippen molar-refractivity contribution in [2.45, 2.75) is 19.9 Å². The van der Waals surface area contributed by atoms with Crippen LogP contribution in [0.5, 0.6) is 5.75 Å². The van der Waals surface area contributed by atoms with Gasteiger partial charge in [-0.2, -0.15) is 0 Å². The number of methoxy groups -OCH3 is 1. The Kier molecular flexibility index (Phi) is 7.11. The second-order valence-electron chi connectivity index (χ2n) is 4.92. The van der Waals surface area contributed by atoms with E-state index in [1.807, 2.05) is 37.1 Å². The molecule has 0 heterocycles. The quantitative estimate of drug-likeness (QED) is 0.708. The van der Waals surface area contributed by atoms with Crippen LogP contribution in [0, 0.1) is 0 Å². The van der Waals surface area contributed by atoms with Crippen molar-refractivity contribution in [3.8, 4) is 5.75 Å². The molecule has 0 aliphatic carbocycles. The van der Waals surface area contributed by atoms with Crippen molar-refractivity contribution < 1.29 is 9.53 Å². The van der Waals surface area contributed by atoms with Crippen molar-refractivity contribution in [1.29, 1.82) is 0 Å². The van der Waals surface area contributed by atoms with Crippen LogP contribution in [0.2, 0.25) is 0 Å². The van der Waals surface area contributed by atoms with Gasteiger partial charge in [0.1, 0.15) is 10.7 Å². The molecule has 116 valence electrons. The molecule has 1 amide bonds. The lowest BCUT2D eigenvalue weighted by Crippen LogP contribution is -2.35. The van der Waals surface area contributed by atoms with E-state index in [0.717, 1.165) is 12.0 Å². The fourth-order valence-corrected chi connectivity index (χ4v) is 2.14. The number of thiocarbonyl (C=S) groups is 1. The van der Waals surface area contributed by atoms with E-state index in [1.165, 1.54) is 0 Å². The minimum atomic E-state index is 0.0300. The van der Waals surface area contributed by atoms with Gasteiger partial charge in [-0.05, 0) is 31.2 Å². The fourth-order valence-electron chi connectivity index (χ4n) is 1.98. The van der Waals surface area contributed by atoms with Gasteiger partial charge in [-0.3, -0.25) is 9.69 Å². The highest BCUT2D eigenvalue weighted by atomic mass is 32.1. The van der Waals surface area contributed by atoms with Crippen LogP contribution in [-0.2, 0) is 11.3 Å². The number of benzene rings is 1. The monoisotopic (exact) mass is 309 g/mol. The van der Waals surface area contributed by atoms with Crippen LogP contribution >= 0.6 is 12.2 Å². The number of likely N-dealkylation sites (N-methyl/N-ethyl adjacent to an activating group) is 1. The Morgan fingerprint density at radius 3 is 2.76 bits per heavy atom. The van der Waals surface area contributed by atoms with Crippen LogP contribution in [0.3, 0.4) is 0 Å². The van der Waals surface area contributed by atoms with Crippen molar-refractivity contribution in [2.75, 3.05) is 27.2 Å². The average Bonchev–Trinajstić information content (AvgIpc) is 2.44. The van der Waals surface area contributed by atoms with Gasteiger partial charge >= 0.3 is 0 Å². The van der Waals surface area contributed by atoms with Gasteiger partial charge in [-0.25, -0.2) is 0 Å². The topological polar surface area (TPSA) is 67.6 Å². The summed E-state index contributed by atoms with van der Waals surface area (Å²) in [5.41, 5.74) is 7.45. The third-order valence-corrected chi connectivity index (χ3v) is 3.19. The molecule has 0 spiro atoms. The van der Waals surface area contributed by atoms with E-state index < -0.39 is 0 Å². The van der Waals surface area contributed by atoms with Gasteiger partial charge in [0.15, 0.2) is 0 Å². The Hall–Kier alpha value is -1.66. The second kappa shape index (κ2) is 8.59. The molecule has 0 atom stereocenters. The van der Waals surface area contributed by atoms with Crippen molar-refractivity contribution in [1.82, 2.24) is 10.2 Å². The highest BCUT2D eigenvalue weighted by Crippen LogP contribution is 2.20. The van der Waals surface area contributed by atoms with Crippen molar-refractivity contribution in [3.63, 3.8) is 0 Å². The van der Waals surface area contributed by atoms with Crippen LogP contribution in [0.25, 0.3) is 0 Å². The molecular formula is C15H23N3O2S. The van der Waals surface area contributed by atoms with Gasteiger partial charge < -0.3 is 15.8 Å². The summed E-state index contributed by atoms with van der Waals surface area (Å²) in [6, 6.07) is 5.69. The smallest absolute Gasteiger partial charge is 0.234 e. The Morgan fingerprint density at radius 1 is 1.48 bits per heavy atom. The van der Waals surface area contributed by atoms with Gasteiger partial charge in [-0.15, -0.1) is 0 Å². The largest absolute Gasteiger partial charge is 0.496 e. The Balaban J connectivity index is 2.68. The van der Waals surface area contributed by atoms with Gasteiger partial charge in [0, 0.05) is 13.1 Å². The number of ether oxygens (including phenoxy) is 1. The maximum atomic E-state index is 11.7. The third-order valence-electron chi connectivity index (χ3n) is 2.97. The second-order valence-corrected chi connectivity index (χ2v) is 5.36. The van der Waals surface area contributed by atoms with Crippen LogP contribution in [0.1, 0.15) is 24.5 Å². The standard InChI is InChI=1S/C15H23N3O2S/c1-4-7-17-14(19)10-18(2)9-11-5-6-13(20-3)12(8-11)15(16)21/h5-6,8H,4,7,9-10H2,1-3H3,(H2,16,21)(H,17,19). The van der Waals surface area contributed by atoms with E-state index in [-0.39, 0.29) is 5.91 Å². The molecule has 0 saturated carbocycles. The minimum absolute atomic E-state index is 0.0300. The maximum Gasteiger partial charge on any atom is 0.234 e. The van der Waals surface area contributed by atoms with Crippen LogP contribution in [0.15, 0.2) is 18.2 Å². The Morgan fingerprint density at radius 2 is 2.19 bits per heavy atom. The summed E-state index contributed by atoms with van der Waals surface area (Å²) < 4.78 is 5.23. The lowest BCUT2D eigenvalue weighted by molar-refractivity contribution is -0.122. The number of rotatable bonds is 8. The molecule has 3 N–H and O–H groups in total. The average molecular weight is 309 g/mol. The van der Waals surface area contributed by atoms with Gasteiger partial charge in [0.25, 0.3) is 0 Å². The first kappa shape index (κ1) is 17.4. The van der Waals surface area contributed by atoms with Crippen molar-refractivity contribution in [2.24, 2.45) is 5.73 Å². The number of hydrogen-bond donors (Lipinski definition) is 2. The summed E-state index contributed by atoms with van der Waals surface area (Å²) in [4.78, 5) is 13.9. The maximum absolute atomic E-state index is 11.7. The molecule has 6 heteroatoms. The Labute approximate surface area is 131 Å². The number of amides is 1. The summed E-state index contributed by atoms with van der Waals surface area (Å²) in [5, 5.41) is 2.86.